The number of carbonyl (C=O) groups excluding carboxylic acids is 2. The molecule has 0 radical (unpaired) electrons. The van der Waals surface area contributed by atoms with Crippen molar-refractivity contribution in [1.82, 2.24) is 5.32 Å². The van der Waals surface area contributed by atoms with Crippen molar-refractivity contribution in [3.63, 3.8) is 0 Å². The summed E-state index contributed by atoms with van der Waals surface area (Å²) in [6, 6.07) is 0. The van der Waals surface area contributed by atoms with Crippen LogP contribution in [0, 0.1) is 0 Å². The van der Waals surface area contributed by atoms with Crippen LogP contribution in [0.15, 0.2) is 0 Å². The van der Waals surface area contributed by atoms with Gasteiger partial charge in [-0.3, -0.25) is 19.7 Å². The van der Waals surface area contributed by atoms with Crippen LogP contribution in [0.1, 0.15) is 20.8 Å². The number of hydrogen-bond donors (Lipinski definition) is 4. The van der Waals surface area contributed by atoms with Gasteiger partial charge in [-0.2, -0.15) is 0 Å². The third-order valence-electron chi connectivity index (χ3n) is 0.519. The Morgan fingerprint density at radius 1 is 1.00 bits per heavy atom. The predicted octanol–water partition coefficient (Wildman–Crippen LogP) is -1.34. The minimum absolute atomic E-state index is 0.312. The molecule has 6 N–H and O–H groups in total. The van der Waals surface area contributed by atoms with E-state index in [9.17, 15) is 9.59 Å². The number of nitrogens with two attached hydrogens (primary N) is 2. The van der Waals surface area contributed by atoms with Crippen molar-refractivity contribution in [2.45, 2.75) is 20.8 Å². The van der Waals surface area contributed by atoms with Crippen LogP contribution in [0.4, 0.5) is 0 Å². The number of amides is 2. The molecular formula is C8H19N3O4. The van der Waals surface area contributed by atoms with Crippen LogP contribution in [0.5, 0.6) is 0 Å². The summed E-state index contributed by atoms with van der Waals surface area (Å²) in [6.07, 6.45) is 0. The second-order valence-corrected chi connectivity index (χ2v) is 2.33. The maximum Gasteiger partial charge on any atom is 0.300 e. The molecule has 0 aromatic heterocycles. The third kappa shape index (κ3) is 111. The number of rotatable bonds is 1. The lowest BCUT2D eigenvalue weighted by Crippen LogP contribution is -2.24. The number of carbonyl (C=O) groups is 3. The van der Waals surface area contributed by atoms with Gasteiger partial charge in [0.2, 0.25) is 11.8 Å². The highest BCUT2D eigenvalue weighted by atomic mass is 16.4. The second-order valence-electron chi connectivity index (χ2n) is 2.33. The number of carboxylic acids is 1. The van der Waals surface area contributed by atoms with E-state index in [1.165, 1.54) is 13.8 Å². The van der Waals surface area contributed by atoms with E-state index in [0.29, 0.717) is 13.1 Å². The van der Waals surface area contributed by atoms with Gasteiger partial charge in [0.05, 0.1) is 0 Å². The molecule has 0 aromatic rings. The zero-order valence-electron chi connectivity index (χ0n) is 9.24. The molecule has 0 rings (SSSR count). The maximum atomic E-state index is 9.92. The molecule has 0 aromatic carbocycles. The van der Waals surface area contributed by atoms with Crippen LogP contribution < -0.4 is 16.8 Å². The first kappa shape index (κ1) is 19.2. The fourth-order valence-electron chi connectivity index (χ4n) is 0.248. The largest absolute Gasteiger partial charge is 0.481 e. The summed E-state index contributed by atoms with van der Waals surface area (Å²) in [5, 5.41) is 9.44. The Morgan fingerprint density at radius 3 is 1.20 bits per heavy atom. The Balaban J connectivity index is -0.000000155. The molecule has 0 saturated carbocycles. The zero-order valence-corrected chi connectivity index (χ0v) is 9.24. The zero-order chi connectivity index (χ0) is 12.9. The molecule has 7 heteroatoms. The van der Waals surface area contributed by atoms with Crippen molar-refractivity contribution in [2.24, 2.45) is 11.5 Å². The highest BCUT2D eigenvalue weighted by Crippen LogP contribution is 1.58. The first-order valence-corrected chi connectivity index (χ1v) is 4.15. The molecule has 0 aliphatic heterocycles. The Morgan fingerprint density at radius 2 is 1.20 bits per heavy atom. The summed E-state index contributed by atoms with van der Waals surface area (Å²) in [5.74, 6) is -1.46. The summed E-state index contributed by atoms with van der Waals surface area (Å²) in [5.41, 5.74) is 9.81. The molecule has 0 unspecified atom stereocenters. The summed E-state index contributed by atoms with van der Waals surface area (Å²) < 4.78 is 0. The summed E-state index contributed by atoms with van der Waals surface area (Å²) in [6.45, 7) is 4.86. The minimum Gasteiger partial charge on any atom is -0.481 e. The van der Waals surface area contributed by atoms with E-state index < -0.39 is 5.97 Å². The molecule has 90 valence electrons. The van der Waals surface area contributed by atoms with Crippen LogP contribution in [0.2, 0.25) is 0 Å². The topological polar surface area (TPSA) is 136 Å². The van der Waals surface area contributed by atoms with Crippen molar-refractivity contribution >= 4 is 17.8 Å². The molecule has 7 nitrogen and oxygen atoms in total. The quantitative estimate of drug-likeness (QED) is 0.433. The van der Waals surface area contributed by atoms with Crippen LogP contribution in [-0.2, 0) is 14.4 Å². The third-order valence-corrected chi connectivity index (χ3v) is 0.519. The lowest BCUT2D eigenvalue weighted by Gasteiger charge is -1.88. The monoisotopic (exact) mass is 221 g/mol. The SMILES string of the molecule is CC(=O)NC(C)=O.CC(=O)O.NCCN. The highest BCUT2D eigenvalue weighted by Gasteiger charge is 1.90. The number of hydrogen-bond acceptors (Lipinski definition) is 5. The first-order valence-electron chi connectivity index (χ1n) is 4.15. The second kappa shape index (κ2) is 15.0. The van der Waals surface area contributed by atoms with Crippen molar-refractivity contribution in [3.8, 4) is 0 Å². The fourth-order valence-corrected chi connectivity index (χ4v) is 0.248. The Bertz CT molecular complexity index is 176. The van der Waals surface area contributed by atoms with Crippen LogP contribution in [0.25, 0.3) is 0 Å². The molecule has 2 amide bonds. The van der Waals surface area contributed by atoms with E-state index in [2.05, 4.69) is 0 Å². The summed E-state index contributed by atoms with van der Waals surface area (Å²) in [7, 11) is 0. The van der Waals surface area contributed by atoms with Gasteiger partial charge in [-0.25, -0.2) is 0 Å². The molecule has 15 heavy (non-hydrogen) atoms. The lowest BCUT2D eigenvalue weighted by molar-refractivity contribution is -0.134. The van der Waals surface area contributed by atoms with E-state index in [-0.39, 0.29) is 11.8 Å². The van der Waals surface area contributed by atoms with Crippen molar-refractivity contribution < 1.29 is 19.5 Å². The van der Waals surface area contributed by atoms with Gasteiger partial charge in [0.15, 0.2) is 0 Å². The highest BCUT2D eigenvalue weighted by molar-refractivity contribution is 5.92. The van der Waals surface area contributed by atoms with Gasteiger partial charge in [-0.05, 0) is 0 Å². The van der Waals surface area contributed by atoms with Crippen molar-refractivity contribution in [3.05, 3.63) is 0 Å². The van der Waals surface area contributed by atoms with Crippen molar-refractivity contribution in [2.75, 3.05) is 13.1 Å². The van der Waals surface area contributed by atoms with Crippen molar-refractivity contribution in [1.29, 1.82) is 0 Å². The maximum absolute atomic E-state index is 9.92. The van der Waals surface area contributed by atoms with E-state index >= 15 is 0 Å². The molecular weight excluding hydrogens is 202 g/mol. The number of nitrogens with one attached hydrogen (secondary N) is 1. The molecule has 0 fully saturated rings. The standard InChI is InChI=1S/C4H7NO2.C2H8N2.C2H4O2/c1-3(6)5-4(2)7;3-1-2-4;1-2(3)4/h1-2H3,(H,5,6,7);1-4H2;1H3,(H,3,4). The molecule has 0 bridgehead atoms. The Labute approximate surface area is 88.8 Å². The van der Waals surface area contributed by atoms with Gasteiger partial charge < -0.3 is 16.6 Å². The van der Waals surface area contributed by atoms with E-state index in [1.54, 1.807) is 0 Å². The summed E-state index contributed by atoms with van der Waals surface area (Å²) >= 11 is 0. The van der Waals surface area contributed by atoms with Crippen LogP contribution in [0.3, 0.4) is 0 Å². The summed E-state index contributed by atoms with van der Waals surface area (Å²) in [4.78, 5) is 28.8. The van der Waals surface area contributed by atoms with E-state index in [4.69, 9.17) is 21.4 Å². The number of aliphatic carboxylic acids is 1. The van der Waals surface area contributed by atoms with Crippen LogP contribution in [-0.4, -0.2) is 36.0 Å². The molecule has 0 spiro atoms. The number of carboxylic acid groups (broad SMARTS) is 1. The Hall–Kier alpha value is -1.47. The van der Waals surface area contributed by atoms with E-state index in [0.717, 1.165) is 6.92 Å². The minimum atomic E-state index is -0.833. The molecule has 0 aliphatic rings. The first-order chi connectivity index (χ1) is 6.77. The van der Waals surface area contributed by atoms with E-state index in [1.807, 2.05) is 5.32 Å². The molecule has 0 saturated heterocycles. The lowest BCUT2D eigenvalue weighted by atomic mass is 10.6. The molecule has 0 aliphatic carbocycles. The van der Waals surface area contributed by atoms with Crippen LogP contribution >= 0.6 is 0 Å². The van der Waals surface area contributed by atoms with Gasteiger partial charge >= 0.3 is 0 Å². The van der Waals surface area contributed by atoms with Gasteiger partial charge in [-0.1, -0.05) is 0 Å². The van der Waals surface area contributed by atoms with Gasteiger partial charge in [-0.15, -0.1) is 0 Å². The smallest absolute Gasteiger partial charge is 0.300 e. The Kier molecular flexibility index (Phi) is 19.2. The molecule has 0 atom stereocenters. The van der Waals surface area contributed by atoms with Gasteiger partial charge in [0.1, 0.15) is 0 Å². The molecule has 0 heterocycles. The fraction of sp³-hybridized carbons (Fsp3) is 0.625. The van der Waals surface area contributed by atoms with Gasteiger partial charge in [0.25, 0.3) is 5.97 Å². The normalized spacial score (nSPS) is 7.27. The number of imide groups is 1. The average Bonchev–Trinajstić information content (AvgIpc) is 2.01. The van der Waals surface area contributed by atoms with Gasteiger partial charge in [0, 0.05) is 33.9 Å². The predicted molar refractivity (Wildman–Crippen MR) is 55.9 cm³/mol. The average molecular weight is 221 g/mol.